The van der Waals surface area contributed by atoms with Gasteiger partial charge in [-0.15, -0.1) is 0 Å². The molecule has 0 amide bonds. The number of alkyl halides is 3. The number of hydrogen-bond donors (Lipinski definition) is 2. The number of nitrogens with zero attached hydrogens (tertiary/aromatic N) is 5. The molecule has 0 saturated carbocycles. The normalized spacial score (nSPS) is 16.4. The smallest absolute Gasteiger partial charge is 0.377 e. The van der Waals surface area contributed by atoms with Crippen LogP contribution in [0.3, 0.4) is 0 Å². The zero-order valence-corrected chi connectivity index (χ0v) is 20.6. The summed E-state index contributed by atoms with van der Waals surface area (Å²) in [6, 6.07) is 8.28. The zero-order chi connectivity index (χ0) is 26.6. The van der Waals surface area contributed by atoms with Crippen LogP contribution in [0.1, 0.15) is 30.8 Å². The van der Waals surface area contributed by atoms with Crippen LogP contribution < -0.4 is 15.6 Å². The highest BCUT2D eigenvalue weighted by Gasteiger charge is 2.31. The third-order valence-electron chi connectivity index (χ3n) is 5.87. The number of morpholine rings is 1. The van der Waals surface area contributed by atoms with E-state index < -0.39 is 17.6 Å². The zero-order valence-electron chi connectivity index (χ0n) is 20.6. The van der Waals surface area contributed by atoms with Gasteiger partial charge in [0, 0.05) is 12.2 Å². The maximum Gasteiger partial charge on any atom is 0.416 e. The molecule has 2 N–H and O–H groups in total. The van der Waals surface area contributed by atoms with E-state index in [2.05, 4.69) is 30.8 Å². The van der Waals surface area contributed by atoms with Crippen molar-refractivity contribution in [1.82, 2.24) is 15.0 Å². The fraction of sp³-hybridized carbons (Fsp3) is 0.360. The molecule has 1 unspecified atom stereocenters. The van der Waals surface area contributed by atoms with Gasteiger partial charge in [-0.2, -0.15) is 23.3 Å². The number of anilines is 4. The van der Waals surface area contributed by atoms with Crippen LogP contribution in [0.2, 0.25) is 0 Å². The van der Waals surface area contributed by atoms with E-state index in [9.17, 15) is 17.6 Å². The number of pyridine rings is 1. The highest BCUT2D eigenvalue weighted by Crippen LogP contribution is 2.31. The van der Waals surface area contributed by atoms with Gasteiger partial charge in [-0.05, 0) is 43.2 Å². The van der Waals surface area contributed by atoms with Crippen molar-refractivity contribution in [2.75, 3.05) is 35.4 Å². The number of nitrogens with one attached hydrogen (secondary N) is 2. The molecular formula is C25H27F4N7O. The monoisotopic (exact) mass is 517 g/mol. The topological polar surface area (TPSA) is 87.6 Å². The Balaban J connectivity index is 1.44. The van der Waals surface area contributed by atoms with E-state index in [-0.39, 0.29) is 23.7 Å². The maximum atomic E-state index is 14.6. The second-order valence-corrected chi connectivity index (χ2v) is 8.89. The summed E-state index contributed by atoms with van der Waals surface area (Å²) in [6.45, 7) is 7.31. The molecule has 196 valence electrons. The molecule has 3 aromatic rings. The summed E-state index contributed by atoms with van der Waals surface area (Å²) in [5.41, 5.74) is 3.87. The Hall–Kier alpha value is -3.80. The fourth-order valence-electron chi connectivity index (χ4n) is 3.92. The minimum absolute atomic E-state index is 0.00950. The van der Waals surface area contributed by atoms with E-state index in [0.717, 1.165) is 18.3 Å². The largest absolute Gasteiger partial charge is 0.416 e. The Bertz CT molecular complexity index is 1270. The summed E-state index contributed by atoms with van der Waals surface area (Å²) in [6.07, 6.45) is -1.88. The number of aryl methyl sites for hydroxylation is 1. The molecule has 1 aromatic carbocycles. The predicted molar refractivity (Wildman–Crippen MR) is 134 cm³/mol. The van der Waals surface area contributed by atoms with Gasteiger partial charge in [0.2, 0.25) is 5.95 Å². The molecule has 1 aliphatic rings. The van der Waals surface area contributed by atoms with Crippen LogP contribution in [-0.4, -0.2) is 47.0 Å². The van der Waals surface area contributed by atoms with Gasteiger partial charge >= 0.3 is 6.18 Å². The van der Waals surface area contributed by atoms with Crippen molar-refractivity contribution in [3.8, 4) is 0 Å². The van der Waals surface area contributed by atoms with E-state index >= 15 is 0 Å². The van der Waals surface area contributed by atoms with Gasteiger partial charge < -0.3 is 15.0 Å². The van der Waals surface area contributed by atoms with Gasteiger partial charge in [0.25, 0.3) is 0 Å². The van der Waals surface area contributed by atoms with Crippen molar-refractivity contribution in [2.45, 2.75) is 33.0 Å². The first-order valence-electron chi connectivity index (χ1n) is 11.7. The standard InChI is InChI=1S/C25H27F4N7O/c1-15(2)22-14-37-10-9-36(22)23-20(26)13-30-24(34-23)35-31-12-19-7-8-21(16(3)32-19)33-18-6-4-5-17(11-18)25(27,28)29/h4-8,11-13,15,22,33H,9-10,14H2,1-3H3,(H,30,34,35)/b31-12+. The molecule has 12 heteroatoms. The fourth-order valence-corrected chi connectivity index (χ4v) is 3.92. The number of rotatable bonds is 7. The van der Waals surface area contributed by atoms with Gasteiger partial charge in [0.15, 0.2) is 11.6 Å². The molecule has 3 heterocycles. The number of halogens is 4. The number of benzene rings is 1. The van der Waals surface area contributed by atoms with Gasteiger partial charge in [-0.3, -0.25) is 0 Å². The molecule has 1 aliphatic heterocycles. The van der Waals surface area contributed by atoms with E-state index in [1.54, 1.807) is 25.1 Å². The average molecular weight is 518 g/mol. The first-order chi connectivity index (χ1) is 17.6. The molecule has 0 spiro atoms. The Morgan fingerprint density at radius 3 is 2.73 bits per heavy atom. The summed E-state index contributed by atoms with van der Waals surface area (Å²) in [4.78, 5) is 14.6. The van der Waals surface area contributed by atoms with E-state index in [1.807, 2.05) is 18.7 Å². The highest BCUT2D eigenvalue weighted by atomic mass is 19.4. The molecule has 4 rings (SSSR count). The third kappa shape index (κ3) is 6.50. The summed E-state index contributed by atoms with van der Waals surface area (Å²) in [5.74, 6) is 0.0302. The summed E-state index contributed by atoms with van der Waals surface area (Å²) in [5, 5.41) is 7.06. The molecule has 8 nitrogen and oxygen atoms in total. The van der Waals surface area contributed by atoms with Crippen LogP contribution in [0.15, 0.2) is 47.7 Å². The van der Waals surface area contributed by atoms with Crippen molar-refractivity contribution >= 4 is 29.4 Å². The van der Waals surface area contributed by atoms with Crippen molar-refractivity contribution in [3.63, 3.8) is 0 Å². The molecule has 37 heavy (non-hydrogen) atoms. The molecule has 0 aliphatic carbocycles. The van der Waals surface area contributed by atoms with Crippen LogP contribution in [-0.2, 0) is 10.9 Å². The quantitative estimate of drug-likeness (QED) is 0.247. The van der Waals surface area contributed by atoms with Gasteiger partial charge in [-0.1, -0.05) is 19.9 Å². The lowest BCUT2D eigenvalue weighted by molar-refractivity contribution is -0.137. The average Bonchev–Trinajstić information content (AvgIpc) is 2.86. The minimum Gasteiger partial charge on any atom is -0.377 e. The SMILES string of the molecule is Cc1nc(/C=N/Nc2ncc(F)c(N3CCOCC3C(C)C)n2)ccc1Nc1cccc(C(F)(F)F)c1. The molecule has 1 fully saturated rings. The van der Waals surface area contributed by atoms with Gasteiger partial charge in [-0.25, -0.2) is 19.8 Å². The maximum absolute atomic E-state index is 14.6. The van der Waals surface area contributed by atoms with Crippen molar-refractivity contribution < 1.29 is 22.3 Å². The van der Waals surface area contributed by atoms with Crippen molar-refractivity contribution in [2.24, 2.45) is 11.0 Å². The lowest BCUT2D eigenvalue weighted by Crippen LogP contribution is -2.49. The van der Waals surface area contributed by atoms with Crippen molar-refractivity contribution in [3.05, 3.63) is 65.4 Å². The Kier molecular flexibility index (Phi) is 7.86. The summed E-state index contributed by atoms with van der Waals surface area (Å²) < 4.78 is 59.0. The minimum atomic E-state index is -4.42. The molecule has 1 saturated heterocycles. The van der Waals surface area contributed by atoms with Gasteiger partial charge in [0.1, 0.15) is 0 Å². The third-order valence-corrected chi connectivity index (χ3v) is 5.87. The van der Waals surface area contributed by atoms with Crippen LogP contribution in [0.5, 0.6) is 0 Å². The molecule has 0 radical (unpaired) electrons. The Morgan fingerprint density at radius 2 is 2.00 bits per heavy atom. The number of aromatic nitrogens is 3. The molecule has 0 bridgehead atoms. The summed E-state index contributed by atoms with van der Waals surface area (Å²) >= 11 is 0. The Morgan fingerprint density at radius 1 is 1.19 bits per heavy atom. The number of hydrogen-bond acceptors (Lipinski definition) is 8. The lowest BCUT2D eigenvalue weighted by Gasteiger charge is -2.38. The Labute approximate surface area is 211 Å². The van der Waals surface area contributed by atoms with E-state index in [4.69, 9.17) is 4.74 Å². The second-order valence-electron chi connectivity index (χ2n) is 8.89. The predicted octanol–water partition coefficient (Wildman–Crippen LogP) is 5.39. The van der Waals surface area contributed by atoms with Crippen LogP contribution in [0.4, 0.5) is 40.7 Å². The second kappa shape index (κ2) is 11.1. The van der Waals surface area contributed by atoms with Crippen molar-refractivity contribution in [1.29, 1.82) is 0 Å². The first kappa shape index (κ1) is 26.3. The lowest BCUT2D eigenvalue weighted by atomic mass is 10.0. The summed E-state index contributed by atoms with van der Waals surface area (Å²) in [7, 11) is 0. The van der Waals surface area contributed by atoms with E-state index in [1.165, 1.54) is 12.3 Å². The molecule has 1 atom stereocenters. The number of hydrazone groups is 1. The van der Waals surface area contributed by atoms with Crippen LogP contribution in [0.25, 0.3) is 0 Å². The highest BCUT2D eigenvalue weighted by molar-refractivity contribution is 5.78. The van der Waals surface area contributed by atoms with E-state index in [0.29, 0.717) is 42.5 Å². The van der Waals surface area contributed by atoms with Crippen LogP contribution in [0, 0.1) is 18.7 Å². The number of ether oxygens (including phenoxy) is 1. The molecular weight excluding hydrogens is 490 g/mol. The van der Waals surface area contributed by atoms with Crippen LogP contribution >= 0.6 is 0 Å². The van der Waals surface area contributed by atoms with Gasteiger partial charge in [0.05, 0.1) is 54.3 Å². The first-order valence-corrected chi connectivity index (χ1v) is 11.7. The molecule has 2 aromatic heterocycles.